The molecule has 4 heteroatoms. The van der Waals surface area contributed by atoms with Crippen molar-refractivity contribution >= 4 is 0 Å². The van der Waals surface area contributed by atoms with Crippen molar-refractivity contribution in [3.8, 4) is 0 Å². The Kier molecular flexibility index (Phi) is 4.01. The van der Waals surface area contributed by atoms with Gasteiger partial charge in [0.25, 0.3) is 0 Å². The maximum absolute atomic E-state index is 13.3. The van der Waals surface area contributed by atoms with Gasteiger partial charge in [-0.05, 0) is 30.2 Å². The van der Waals surface area contributed by atoms with E-state index in [1.54, 1.807) is 12.1 Å². The highest BCUT2D eigenvalue weighted by molar-refractivity contribution is 5.33. The van der Waals surface area contributed by atoms with Crippen LogP contribution in [0.15, 0.2) is 48.5 Å². The molecule has 1 heterocycles. The number of rotatable bonds is 4. The molecule has 2 aromatic rings. The molecule has 0 amide bonds. The Balaban J connectivity index is 1.84. The zero-order valence-corrected chi connectivity index (χ0v) is 12.1. The summed E-state index contributed by atoms with van der Waals surface area (Å²) < 4.78 is 13.3. The number of nitrogens with one attached hydrogen (secondary N) is 3. The number of aryl methyl sites for hydroxylation is 1. The van der Waals surface area contributed by atoms with Crippen molar-refractivity contribution in [3.63, 3.8) is 0 Å². The van der Waals surface area contributed by atoms with Gasteiger partial charge in [0, 0.05) is 25.2 Å². The summed E-state index contributed by atoms with van der Waals surface area (Å²) in [4.78, 5) is 0. The molecule has 3 rings (SSSR count). The van der Waals surface area contributed by atoms with Crippen LogP contribution in [0.2, 0.25) is 0 Å². The van der Waals surface area contributed by atoms with E-state index in [9.17, 15) is 4.39 Å². The molecule has 1 aliphatic rings. The molecule has 0 bridgehead atoms. The molecule has 2 aromatic carbocycles. The van der Waals surface area contributed by atoms with E-state index in [0.29, 0.717) is 6.54 Å². The van der Waals surface area contributed by atoms with Crippen LogP contribution in [0.4, 0.5) is 4.39 Å². The van der Waals surface area contributed by atoms with E-state index in [4.69, 9.17) is 0 Å². The van der Waals surface area contributed by atoms with Crippen LogP contribution >= 0.6 is 0 Å². The van der Waals surface area contributed by atoms with Gasteiger partial charge in [-0.1, -0.05) is 36.4 Å². The lowest BCUT2D eigenvalue weighted by Gasteiger charge is -2.33. The number of halogens is 1. The van der Waals surface area contributed by atoms with E-state index >= 15 is 0 Å². The summed E-state index contributed by atoms with van der Waals surface area (Å²) >= 11 is 0. The fourth-order valence-electron chi connectivity index (χ4n) is 2.85. The Morgan fingerprint density at radius 1 is 1.10 bits per heavy atom. The summed E-state index contributed by atoms with van der Waals surface area (Å²) in [5, 5.41) is 10.5. The van der Waals surface area contributed by atoms with Crippen LogP contribution in [0.5, 0.6) is 0 Å². The first-order valence-electron chi connectivity index (χ1n) is 7.25. The van der Waals surface area contributed by atoms with Crippen molar-refractivity contribution < 1.29 is 4.39 Å². The molecule has 0 unspecified atom stereocenters. The fourth-order valence-corrected chi connectivity index (χ4v) is 2.85. The normalized spacial score (nSPS) is 17.0. The standard InChI is InChI=1S/C17H20FN3/c1-13-5-2-3-8-16(13)17(19-9-10-20-17)21-12-14-6-4-7-15(18)11-14/h2-8,11,19-21H,9-10,12H2,1H3. The molecule has 3 nitrogen and oxygen atoms in total. The highest BCUT2D eigenvalue weighted by Crippen LogP contribution is 2.22. The Labute approximate surface area is 124 Å². The van der Waals surface area contributed by atoms with Crippen LogP contribution in [0, 0.1) is 12.7 Å². The molecule has 110 valence electrons. The molecule has 1 fully saturated rings. The van der Waals surface area contributed by atoms with Crippen LogP contribution in [0.1, 0.15) is 16.7 Å². The maximum Gasteiger partial charge on any atom is 0.151 e. The molecule has 0 aliphatic carbocycles. The van der Waals surface area contributed by atoms with Gasteiger partial charge in [-0.15, -0.1) is 0 Å². The first-order chi connectivity index (χ1) is 10.2. The van der Waals surface area contributed by atoms with E-state index in [0.717, 1.165) is 18.7 Å². The molecule has 1 aliphatic heterocycles. The van der Waals surface area contributed by atoms with Gasteiger partial charge >= 0.3 is 0 Å². The van der Waals surface area contributed by atoms with Gasteiger partial charge < -0.3 is 0 Å². The van der Waals surface area contributed by atoms with E-state index < -0.39 is 5.79 Å². The predicted molar refractivity (Wildman–Crippen MR) is 82.1 cm³/mol. The third-order valence-corrected chi connectivity index (χ3v) is 3.90. The summed E-state index contributed by atoms with van der Waals surface area (Å²) in [5.41, 5.74) is 3.32. The van der Waals surface area contributed by atoms with Crippen molar-refractivity contribution in [1.29, 1.82) is 0 Å². The van der Waals surface area contributed by atoms with Gasteiger partial charge in [0.15, 0.2) is 5.79 Å². The lowest BCUT2D eigenvalue weighted by Crippen LogP contribution is -2.57. The zero-order chi connectivity index (χ0) is 14.7. The molecule has 1 saturated heterocycles. The highest BCUT2D eigenvalue weighted by atomic mass is 19.1. The lowest BCUT2D eigenvalue weighted by atomic mass is 10.0. The minimum atomic E-state index is -0.447. The maximum atomic E-state index is 13.3. The van der Waals surface area contributed by atoms with Gasteiger partial charge in [-0.2, -0.15) is 0 Å². The van der Waals surface area contributed by atoms with Gasteiger partial charge in [0.1, 0.15) is 5.82 Å². The SMILES string of the molecule is Cc1ccccc1C1(NCc2cccc(F)c2)NCCN1. The third-order valence-electron chi connectivity index (χ3n) is 3.90. The average Bonchev–Trinajstić information content (AvgIpc) is 2.96. The van der Waals surface area contributed by atoms with E-state index in [-0.39, 0.29) is 5.82 Å². The van der Waals surface area contributed by atoms with Crippen LogP contribution in [0.3, 0.4) is 0 Å². The van der Waals surface area contributed by atoms with Crippen molar-refractivity contribution in [2.75, 3.05) is 13.1 Å². The highest BCUT2D eigenvalue weighted by Gasteiger charge is 2.35. The summed E-state index contributed by atoms with van der Waals surface area (Å²) in [5.74, 6) is -0.649. The molecule has 0 aromatic heterocycles. The molecular formula is C17H20FN3. The Hall–Kier alpha value is -1.75. The van der Waals surface area contributed by atoms with Crippen LogP contribution in [0.25, 0.3) is 0 Å². The fraction of sp³-hybridized carbons (Fsp3) is 0.294. The lowest BCUT2D eigenvalue weighted by molar-refractivity contribution is 0.260. The Bertz CT molecular complexity index is 621. The monoisotopic (exact) mass is 285 g/mol. The van der Waals surface area contributed by atoms with Gasteiger partial charge in [0.2, 0.25) is 0 Å². The van der Waals surface area contributed by atoms with Crippen molar-refractivity contribution in [2.24, 2.45) is 0 Å². The quantitative estimate of drug-likeness (QED) is 0.806. The largest absolute Gasteiger partial charge is 0.282 e. The van der Waals surface area contributed by atoms with Crippen LogP contribution < -0.4 is 16.0 Å². The summed E-state index contributed by atoms with van der Waals surface area (Å²) in [6, 6.07) is 15.0. The second kappa shape index (κ2) is 5.93. The number of benzene rings is 2. The van der Waals surface area contributed by atoms with Crippen LogP contribution in [-0.2, 0) is 12.3 Å². The van der Waals surface area contributed by atoms with E-state index in [1.165, 1.54) is 17.2 Å². The Morgan fingerprint density at radius 3 is 2.57 bits per heavy atom. The smallest absolute Gasteiger partial charge is 0.151 e. The molecular weight excluding hydrogens is 265 g/mol. The van der Waals surface area contributed by atoms with Crippen LogP contribution in [-0.4, -0.2) is 13.1 Å². The van der Waals surface area contributed by atoms with Gasteiger partial charge in [-0.25, -0.2) is 4.39 Å². The van der Waals surface area contributed by atoms with Crippen molar-refractivity contribution in [3.05, 3.63) is 71.0 Å². The molecule has 0 atom stereocenters. The molecule has 3 N–H and O–H groups in total. The average molecular weight is 285 g/mol. The van der Waals surface area contributed by atoms with Gasteiger partial charge in [0.05, 0.1) is 0 Å². The minimum Gasteiger partial charge on any atom is -0.282 e. The number of hydrogen-bond donors (Lipinski definition) is 3. The third kappa shape index (κ3) is 2.97. The molecule has 0 saturated carbocycles. The van der Waals surface area contributed by atoms with E-state index in [1.807, 2.05) is 18.2 Å². The molecule has 0 spiro atoms. The predicted octanol–water partition coefficient (Wildman–Crippen LogP) is 2.23. The zero-order valence-electron chi connectivity index (χ0n) is 12.1. The second-order valence-electron chi connectivity index (χ2n) is 5.40. The topological polar surface area (TPSA) is 36.1 Å². The van der Waals surface area contributed by atoms with Gasteiger partial charge in [-0.3, -0.25) is 16.0 Å². The summed E-state index contributed by atoms with van der Waals surface area (Å²) in [6.45, 7) is 4.48. The Morgan fingerprint density at radius 2 is 1.86 bits per heavy atom. The number of hydrogen-bond acceptors (Lipinski definition) is 3. The second-order valence-corrected chi connectivity index (χ2v) is 5.40. The van der Waals surface area contributed by atoms with Crippen molar-refractivity contribution in [2.45, 2.75) is 19.3 Å². The summed E-state index contributed by atoms with van der Waals surface area (Å²) in [7, 11) is 0. The molecule has 0 radical (unpaired) electrons. The molecule has 21 heavy (non-hydrogen) atoms. The first kappa shape index (κ1) is 14.2. The minimum absolute atomic E-state index is 0.202. The first-order valence-corrected chi connectivity index (χ1v) is 7.25. The van der Waals surface area contributed by atoms with E-state index in [2.05, 4.69) is 35.0 Å². The summed E-state index contributed by atoms with van der Waals surface area (Å²) in [6.07, 6.45) is 0. The van der Waals surface area contributed by atoms with Crippen molar-refractivity contribution in [1.82, 2.24) is 16.0 Å².